The molecule has 1 aliphatic heterocycles. The number of hydrogen-bond acceptors (Lipinski definition) is 7. The van der Waals surface area contributed by atoms with E-state index in [2.05, 4.69) is 5.32 Å². The van der Waals surface area contributed by atoms with Crippen LogP contribution in [0.2, 0.25) is 0 Å². The summed E-state index contributed by atoms with van der Waals surface area (Å²) in [7, 11) is 3.13. The second-order valence-corrected chi connectivity index (χ2v) is 9.69. The minimum absolute atomic E-state index is 0.0140. The van der Waals surface area contributed by atoms with Crippen LogP contribution in [0.1, 0.15) is 37.8 Å². The zero-order valence-electron chi connectivity index (χ0n) is 17.8. The Morgan fingerprint density at radius 2 is 2.00 bits per heavy atom. The molecule has 2 aromatic rings. The maximum Gasteiger partial charge on any atom is 0.272 e. The molecule has 2 aliphatic rings. The van der Waals surface area contributed by atoms with Crippen LogP contribution in [0, 0.1) is 0 Å². The summed E-state index contributed by atoms with van der Waals surface area (Å²) < 4.78 is 12.3. The highest BCUT2D eigenvalue weighted by atomic mass is 32.2. The summed E-state index contributed by atoms with van der Waals surface area (Å²) in [5.41, 5.74) is 1.36. The maximum absolute atomic E-state index is 13.3. The van der Waals surface area contributed by atoms with E-state index in [-0.39, 0.29) is 23.3 Å². The molecule has 0 bridgehead atoms. The van der Waals surface area contributed by atoms with Crippen molar-refractivity contribution < 1.29 is 14.3 Å². The Morgan fingerprint density at radius 1 is 1.23 bits per heavy atom. The molecule has 9 heteroatoms. The third-order valence-corrected chi connectivity index (χ3v) is 7.64. The van der Waals surface area contributed by atoms with Crippen molar-refractivity contribution >= 4 is 29.4 Å². The third-order valence-electron chi connectivity index (χ3n) is 5.59. The Morgan fingerprint density at radius 3 is 2.74 bits per heavy atom. The van der Waals surface area contributed by atoms with Gasteiger partial charge in [0.25, 0.3) is 5.56 Å². The third kappa shape index (κ3) is 4.87. The van der Waals surface area contributed by atoms with Crippen LogP contribution in [0.15, 0.2) is 33.0 Å². The van der Waals surface area contributed by atoms with Gasteiger partial charge >= 0.3 is 0 Å². The van der Waals surface area contributed by atoms with E-state index in [0.29, 0.717) is 27.2 Å². The van der Waals surface area contributed by atoms with Gasteiger partial charge in [-0.05, 0) is 25.0 Å². The fourth-order valence-electron chi connectivity index (χ4n) is 4.03. The van der Waals surface area contributed by atoms with Gasteiger partial charge in [0.15, 0.2) is 16.7 Å². The minimum Gasteiger partial charge on any atom is -0.493 e. The number of carbonyl (C=O) groups is 1. The molecule has 7 nitrogen and oxygen atoms in total. The molecular weight excluding hydrogens is 434 g/mol. The van der Waals surface area contributed by atoms with Gasteiger partial charge in [-0.3, -0.25) is 14.2 Å². The summed E-state index contributed by atoms with van der Waals surface area (Å²) in [4.78, 5) is 31.3. The largest absolute Gasteiger partial charge is 0.493 e. The topological polar surface area (TPSA) is 82.5 Å². The van der Waals surface area contributed by atoms with Crippen molar-refractivity contribution in [2.75, 3.05) is 25.7 Å². The van der Waals surface area contributed by atoms with Crippen LogP contribution in [0.25, 0.3) is 5.69 Å². The highest BCUT2D eigenvalue weighted by molar-refractivity contribution is 8.00. The molecule has 1 aliphatic carbocycles. The Labute approximate surface area is 190 Å². The average molecular weight is 462 g/mol. The number of ether oxygens (including phenoxy) is 2. The lowest BCUT2D eigenvalue weighted by molar-refractivity contribution is -0.119. The Hall–Kier alpha value is -2.13. The van der Waals surface area contributed by atoms with Crippen LogP contribution >= 0.6 is 23.5 Å². The number of nitrogens with zero attached hydrogens (tertiary/aromatic N) is 2. The van der Waals surface area contributed by atoms with Crippen LogP contribution in [0.5, 0.6) is 11.5 Å². The molecule has 1 amide bonds. The summed E-state index contributed by atoms with van der Waals surface area (Å²) >= 11 is 2.84. The fourth-order valence-corrected chi connectivity index (χ4v) is 5.89. The van der Waals surface area contributed by atoms with Gasteiger partial charge < -0.3 is 14.8 Å². The average Bonchev–Trinajstić information content (AvgIpc) is 3.27. The smallest absolute Gasteiger partial charge is 0.272 e. The first kappa shape index (κ1) is 22.1. The van der Waals surface area contributed by atoms with Gasteiger partial charge in [0.05, 0.1) is 36.2 Å². The second kappa shape index (κ2) is 9.99. The quantitative estimate of drug-likeness (QED) is 0.500. The summed E-state index contributed by atoms with van der Waals surface area (Å²) in [6.07, 6.45) is 6.43. The summed E-state index contributed by atoms with van der Waals surface area (Å²) in [5, 5.41) is 3.66. The molecule has 1 aromatic carbocycles. The van der Waals surface area contributed by atoms with Crippen molar-refractivity contribution in [2.24, 2.45) is 0 Å². The van der Waals surface area contributed by atoms with E-state index in [1.807, 2.05) is 6.07 Å². The number of aromatic nitrogens is 2. The molecule has 1 N–H and O–H groups in total. The van der Waals surface area contributed by atoms with Gasteiger partial charge in [-0.15, -0.1) is 11.8 Å². The van der Waals surface area contributed by atoms with E-state index >= 15 is 0 Å². The van der Waals surface area contributed by atoms with Gasteiger partial charge in [0, 0.05) is 24.3 Å². The van der Waals surface area contributed by atoms with Crippen LogP contribution in [0.3, 0.4) is 0 Å². The predicted octanol–water partition coefficient (Wildman–Crippen LogP) is 3.44. The first-order chi connectivity index (χ1) is 15.1. The molecule has 166 valence electrons. The number of benzene rings is 1. The molecule has 0 radical (unpaired) electrons. The van der Waals surface area contributed by atoms with E-state index in [1.165, 1.54) is 42.8 Å². The molecule has 0 saturated heterocycles. The van der Waals surface area contributed by atoms with Gasteiger partial charge in [-0.2, -0.15) is 0 Å². The zero-order chi connectivity index (χ0) is 21.8. The minimum atomic E-state index is -0.102. The van der Waals surface area contributed by atoms with Crippen molar-refractivity contribution in [3.05, 3.63) is 34.2 Å². The molecule has 1 fully saturated rings. The van der Waals surface area contributed by atoms with E-state index < -0.39 is 0 Å². The van der Waals surface area contributed by atoms with Crippen molar-refractivity contribution in [3.63, 3.8) is 0 Å². The molecule has 1 saturated carbocycles. The number of fused-ring (bicyclic) bond motifs is 1. The Balaban J connectivity index is 1.62. The van der Waals surface area contributed by atoms with Crippen molar-refractivity contribution in [1.29, 1.82) is 0 Å². The van der Waals surface area contributed by atoms with E-state index in [9.17, 15) is 9.59 Å². The van der Waals surface area contributed by atoms with Crippen LogP contribution < -0.4 is 20.3 Å². The molecule has 2 heterocycles. The number of rotatable bonds is 7. The van der Waals surface area contributed by atoms with Gasteiger partial charge in [0.1, 0.15) is 0 Å². The summed E-state index contributed by atoms with van der Waals surface area (Å²) in [5.74, 6) is 2.18. The summed E-state index contributed by atoms with van der Waals surface area (Å²) in [6, 6.07) is 5.60. The lowest BCUT2D eigenvalue weighted by Crippen LogP contribution is -2.37. The number of nitrogens with one attached hydrogen (secondary N) is 1. The molecule has 0 atom stereocenters. The summed E-state index contributed by atoms with van der Waals surface area (Å²) in [6.45, 7) is 0. The second-order valence-electron chi connectivity index (χ2n) is 7.64. The number of amides is 1. The number of aryl methyl sites for hydroxylation is 1. The fraction of sp³-hybridized carbons (Fsp3) is 0.500. The number of thioether (sulfide) groups is 2. The maximum atomic E-state index is 13.3. The van der Waals surface area contributed by atoms with Gasteiger partial charge in [-0.1, -0.05) is 31.0 Å². The number of carbonyl (C=O) groups excluding carboxylic acids is 1. The normalized spacial score (nSPS) is 16.1. The SMILES string of the molecule is COc1ccc(-n2c(SCC(=O)NC3CCCCC3)nc3c(c2=O)SCC3)cc1OC. The zero-order valence-corrected chi connectivity index (χ0v) is 19.4. The Bertz CT molecular complexity index is 1020. The number of methoxy groups -OCH3 is 2. The predicted molar refractivity (Wildman–Crippen MR) is 123 cm³/mol. The molecule has 1 aromatic heterocycles. The van der Waals surface area contributed by atoms with E-state index in [4.69, 9.17) is 14.5 Å². The van der Waals surface area contributed by atoms with E-state index in [1.54, 1.807) is 30.9 Å². The van der Waals surface area contributed by atoms with E-state index in [0.717, 1.165) is 30.7 Å². The van der Waals surface area contributed by atoms with Crippen LogP contribution in [0.4, 0.5) is 0 Å². The first-order valence-corrected chi connectivity index (χ1v) is 12.5. The highest BCUT2D eigenvalue weighted by Crippen LogP contribution is 2.33. The van der Waals surface area contributed by atoms with Crippen molar-refractivity contribution in [1.82, 2.24) is 14.9 Å². The standard InChI is InChI=1S/C22H27N3O4S2/c1-28-17-9-8-15(12-18(17)29-2)25-21(27)20-16(10-11-30-20)24-22(25)31-13-19(26)23-14-6-4-3-5-7-14/h8-9,12,14H,3-7,10-11,13H2,1-2H3,(H,23,26). The molecule has 31 heavy (non-hydrogen) atoms. The monoisotopic (exact) mass is 461 g/mol. The van der Waals surface area contributed by atoms with Crippen molar-refractivity contribution in [2.45, 2.75) is 54.6 Å². The molecule has 0 spiro atoms. The lowest BCUT2D eigenvalue weighted by Gasteiger charge is -2.22. The highest BCUT2D eigenvalue weighted by Gasteiger charge is 2.24. The van der Waals surface area contributed by atoms with Gasteiger partial charge in [-0.25, -0.2) is 4.98 Å². The number of hydrogen-bond donors (Lipinski definition) is 1. The van der Waals surface area contributed by atoms with Crippen LogP contribution in [-0.4, -0.2) is 47.2 Å². The van der Waals surface area contributed by atoms with Crippen molar-refractivity contribution in [3.8, 4) is 17.2 Å². The Kier molecular flexibility index (Phi) is 7.12. The van der Waals surface area contributed by atoms with Gasteiger partial charge in [0.2, 0.25) is 5.91 Å². The molecule has 0 unspecified atom stereocenters. The lowest BCUT2D eigenvalue weighted by atomic mass is 9.95. The molecular formula is C22H27N3O4S2. The van der Waals surface area contributed by atoms with Crippen LogP contribution in [-0.2, 0) is 11.2 Å². The molecule has 4 rings (SSSR count). The first-order valence-electron chi connectivity index (χ1n) is 10.5.